The summed E-state index contributed by atoms with van der Waals surface area (Å²) in [6.45, 7) is 3.62. The minimum absolute atomic E-state index is 0.0761. The van der Waals surface area contributed by atoms with Gasteiger partial charge in [-0.05, 0) is 19.3 Å². The zero-order chi connectivity index (χ0) is 19.0. The summed E-state index contributed by atoms with van der Waals surface area (Å²) < 4.78 is 3.25. The second-order valence-electron chi connectivity index (χ2n) is 7.10. The van der Waals surface area contributed by atoms with Gasteiger partial charge in [-0.2, -0.15) is 4.52 Å². The zero-order valence-corrected chi connectivity index (χ0v) is 16.4. The van der Waals surface area contributed by atoms with E-state index in [2.05, 4.69) is 26.9 Å². The summed E-state index contributed by atoms with van der Waals surface area (Å²) in [6, 6.07) is 1.57. The molecule has 0 spiro atoms. The van der Waals surface area contributed by atoms with Crippen LogP contribution in [0.15, 0.2) is 23.3 Å². The van der Waals surface area contributed by atoms with Gasteiger partial charge in [0.2, 0.25) is 10.1 Å². The predicted octanol–water partition coefficient (Wildman–Crippen LogP) is 1.79. The van der Waals surface area contributed by atoms with Crippen molar-refractivity contribution in [2.45, 2.75) is 38.7 Å². The fraction of sp³-hybridized carbons (Fsp3) is 0.556. The normalized spacial score (nSPS) is 18.9. The van der Waals surface area contributed by atoms with Crippen molar-refractivity contribution in [3.05, 3.63) is 40.3 Å². The van der Waals surface area contributed by atoms with Crippen LogP contribution in [0.4, 0.5) is 5.13 Å². The summed E-state index contributed by atoms with van der Waals surface area (Å²) in [6.07, 6.45) is 6.59. The topological polar surface area (TPSA) is 88.5 Å². The minimum atomic E-state index is -0.612. The van der Waals surface area contributed by atoms with Crippen molar-refractivity contribution < 1.29 is 5.11 Å². The molecule has 2 atom stereocenters. The van der Waals surface area contributed by atoms with E-state index in [1.165, 1.54) is 15.9 Å². The predicted molar refractivity (Wildman–Crippen MR) is 104 cm³/mol. The number of aliphatic hydroxyl groups excluding tert-OH is 1. The number of aromatic nitrogens is 5. The van der Waals surface area contributed by atoms with Crippen LogP contribution in [0, 0.1) is 5.92 Å². The fourth-order valence-corrected chi connectivity index (χ4v) is 4.63. The molecule has 2 unspecified atom stereocenters. The first-order valence-electron chi connectivity index (χ1n) is 9.37. The molecular weight excluding hydrogens is 364 g/mol. The smallest absolute Gasteiger partial charge is 0.275 e. The molecule has 0 amide bonds. The number of hydrogen-bond donors (Lipinski definition) is 1. The quantitative estimate of drug-likeness (QED) is 0.717. The van der Waals surface area contributed by atoms with Crippen LogP contribution in [0.2, 0.25) is 0 Å². The summed E-state index contributed by atoms with van der Waals surface area (Å²) >= 11 is 1.44. The van der Waals surface area contributed by atoms with Crippen LogP contribution in [0.3, 0.4) is 0 Å². The molecule has 4 rings (SSSR count). The van der Waals surface area contributed by atoms with Crippen molar-refractivity contribution in [3.63, 3.8) is 0 Å². The standard InChI is InChI=1S/C18H24N6O2S/c1-3-5-13-10-14(25)24-17(20-13)27-18(21-24)23-8-4-6-12(11-23)15(26)16-19-7-9-22(16)2/h7,9-10,12,15,26H,3-6,8,11H2,1-2H3. The first-order chi connectivity index (χ1) is 13.1. The lowest BCUT2D eigenvalue weighted by Crippen LogP contribution is -2.38. The van der Waals surface area contributed by atoms with Crippen LogP contribution in [0.1, 0.15) is 43.8 Å². The van der Waals surface area contributed by atoms with Gasteiger partial charge in [0.25, 0.3) is 5.56 Å². The number of fused-ring (bicyclic) bond motifs is 1. The molecule has 8 nitrogen and oxygen atoms in total. The highest BCUT2D eigenvalue weighted by Gasteiger charge is 2.30. The van der Waals surface area contributed by atoms with Crippen molar-refractivity contribution in [2.24, 2.45) is 13.0 Å². The number of imidazole rings is 1. The SMILES string of the molecule is CCCc1cc(=O)n2nc(N3CCCC(C(O)c4nccn4C)C3)sc2n1. The highest BCUT2D eigenvalue weighted by molar-refractivity contribution is 7.20. The highest BCUT2D eigenvalue weighted by Crippen LogP contribution is 2.32. The molecule has 3 aromatic heterocycles. The Bertz CT molecular complexity index is 993. The Kier molecular flexibility index (Phi) is 4.96. The summed E-state index contributed by atoms with van der Waals surface area (Å²) in [4.78, 5) is 24.0. The highest BCUT2D eigenvalue weighted by atomic mass is 32.1. The monoisotopic (exact) mass is 388 g/mol. The molecule has 0 aromatic carbocycles. The van der Waals surface area contributed by atoms with E-state index in [1.54, 1.807) is 12.3 Å². The van der Waals surface area contributed by atoms with E-state index in [-0.39, 0.29) is 11.5 Å². The van der Waals surface area contributed by atoms with Gasteiger partial charge in [-0.15, -0.1) is 5.10 Å². The van der Waals surface area contributed by atoms with Gasteiger partial charge < -0.3 is 14.6 Å². The molecule has 1 N–H and O–H groups in total. The Balaban J connectivity index is 1.58. The molecule has 0 radical (unpaired) electrons. The Labute approximate surface area is 161 Å². The van der Waals surface area contributed by atoms with Gasteiger partial charge in [-0.1, -0.05) is 24.7 Å². The maximum atomic E-state index is 12.3. The van der Waals surface area contributed by atoms with Crippen LogP contribution in [0.25, 0.3) is 4.96 Å². The molecule has 0 saturated carbocycles. The number of aliphatic hydroxyl groups is 1. The number of anilines is 1. The second kappa shape index (κ2) is 7.40. The van der Waals surface area contributed by atoms with Crippen LogP contribution in [-0.2, 0) is 13.5 Å². The molecule has 4 heterocycles. The molecule has 3 aromatic rings. The summed E-state index contributed by atoms with van der Waals surface area (Å²) in [5, 5.41) is 16.0. The van der Waals surface area contributed by atoms with Gasteiger partial charge in [0.15, 0.2) is 0 Å². The number of hydrogen-bond acceptors (Lipinski definition) is 7. The molecule has 1 aliphatic rings. The molecule has 0 aliphatic carbocycles. The van der Waals surface area contributed by atoms with Crippen molar-refractivity contribution in [1.29, 1.82) is 0 Å². The van der Waals surface area contributed by atoms with E-state index >= 15 is 0 Å². The van der Waals surface area contributed by atoms with E-state index in [1.807, 2.05) is 17.8 Å². The molecule has 27 heavy (non-hydrogen) atoms. The van der Waals surface area contributed by atoms with E-state index in [0.717, 1.165) is 43.1 Å². The van der Waals surface area contributed by atoms with Crippen LogP contribution < -0.4 is 10.5 Å². The van der Waals surface area contributed by atoms with Gasteiger partial charge in [0, 0.05) is 50.2 Å². The van der Waals surface area contributed by atoms with Gasteiger partial charge in [0.05, 0.1) is 0 Å². The maximum Gasteiger partial charge on any atom is 0.275 e. The molecule has 144 valence electrons. The second-order valence-corrected chi connectivity index (χ2v) is 8.04. The lowest BCUT2D eigenvalue weighted by molar-refractivity contribution is 0.0874. The van der Waals surface area contributed by atoms with Crippen LogP contribution >= 0.6 is 11.3 Å². The Morgan fingerprint density at radius 1 is 1.44 bits per heavy atom. The third-order valence-corrected chi connectivity index (χ3v) is 6.06. The van der Waals surface area contributed by atoms with Crippen molar-refractivity contribution in [1.82, 2.24) is 24.1 Å². The number of aryl methyl sites for hydroxylation is 2. The average Bonchev–Trinajstić information content (AvgIpc) is 3.28. The third-order valence-electron chi connectivity index (χ3n) is 5.09. The van der Waals surface area contributed by atoms with Gasteiger partial charge in [-0.3, -0.25) is 4.79 Å². The van der Waals surface area contributed by atoms with Crippen LogP contribution in [0.5, 0.6) is 0 Å². The summed E-state index contributed by atoms with van der Waals surface area (Å²) in [5.74, 6) is 0.764. The van der Waals surface area contributed by atoms with Crippen molar-refractivity contribution in [2.75, 3.05) is 18.0 Å². The maximum absolute atomic E-state index is 12.3. The van der Waals surface area contributed by atoms with E-state index in [4.69, 9.17) is 0 Å². The number of piperidine rings is 1. The lowest BCUT2D eigenvalue weighted by Gasteiger charge is -2.34. The van der Waals surface area contributed by atoms with E-state index in [9.17, 15) is 9.90 Å². The van der Waals surface area contributed by atoms with Gasteiger partial charge in [0.1, 0.15) is 11.9 Å². The van der Waals surface area contributed by atoms with Gasteiger partial charge >= 0.3 is 0 Å². The number of nitrogens with zero attached hydrogens (tertiary/aromatic N) is 6. The van der Waals surface area contributed by atoms with E-state index in [0.29, 0.717) is 17.3 Å². The first kappa shape index (κ1) is 18.1. The zero-order valence-electron chi connectivity index (χ0n) is 15.6. The fourth-order valence-electron chi connectivity index (χ4n) is 3.67. The van der Waals surface area contributed by atoms with Gasteiger partial charge in [-0.25, -0.2) is 9.97 Å². The summed E-state index contributed by atoms with van der Waals surface area (Å²) in [7, 11) is 1.89. The summed E-state index contributed by atoms with van der Waals surface area (Å²) in [5.41, 5.74) is 0.687. The molecular formula is C18H24N6O2S. The molecule has 1 aliphatic heterocycles. The lowest BCUT2D eigenvalue weighted by atomic mass is 9.92. The minimum Gasteiger partial charge on any atom is -0.385 e. The average molecular weight is 388 g/mol. The third kappa shape index (κ3) is 3.49. The molecule has 1 saturated heterocycles. The Morgan fingerprint density at radius 2 is 2.30 bits per heavy atom. The number of rotatable bonds is 5. The van der Waals surface area contributed by atoms with E-state index < -0.39 is 6.10 Å². The van der Waals surface area contributed by atoms with Crippen molar-refractivity contribution >= 4 is 21.4 Å². The first-order valence-corrected chi connectivity index (χ1v) is 10.2. The Morgan fingerprint density at radius 3 is 3.04 bits per heavy atom. The molecule has 1 fully saturated rings. The largest absolute Gasteiger partial charge is 0.385 e. The molecule has 9 heteroatoms. The van der Waals surface area contributed by atoms with Crippen molar-refractivity contribution in [3.8, 4) is 0 Å². The Hall–Kier alpha value is -2.26. The van der Waals surface area contributed by atoms with Crippen LogP contribution in [-0.4, -0.2) is 42.3 Å². The molecule has 0 bridgehead atoms.